The van der Waals surface area contributed by atoms with E-state index in [0.717, 1.165) is 37.0 Å². The van der Waals surface area contributed by atoms with Crippen molar-refractivity contribution in [2.24, 2.45) is 0 Å². The van der Waals surface area contributed by atoms with Crippen molar-refractivity contribution in [3.63, 3.8) is 0 Å². The lowest BCUT2D eigenvalue weighted by Gasteiger charge is -2.21. The van der Waals surface area contributed by atoms with E-state index in [1.165, 1.54) is 22.5 Å². The molecule has 1 saturated heterocycles. The van der Waals surface area contributed by atoms with E-state index in [1.54, 1.807) is 19.1 Å². The van der Waals surface area contributed by atoms with Crippen LogP contribution in [0.25, 0.3) is 0 Å². The minimum absolute atomic E-state index is 0.0721. The molecule has 0 radical (unpaired) electrons. The molecule has 1 fully saturated rings. The molecular weight excluding hydrogens is 448 g/mol. The van der Waals surface area contributed by atoms with Crippen LogP contribution < -0.4 is 5.32 Å². The van der Waals surface area contributed by atoms with Crippen LogP contribution in [0.15, 0.2) is 35.2 Å². The lowest BCUT2D eigenvalue weighted by Crippen LogP contribution is -2.32. The van der Waals surface area contributed by atoms with Crippen LogP contribution in [0.4, 0.5) is 5.00 Å². The number of hydrogen-bond donors (Lipinski definition) is 1. The molecular formula is C20H23ClN2O5S2. The molecule has 1 N–H and O–H groups in total. The molecule has 0 atom stereocenters. The summed E-state index contributed by atoms with van der Waals surface area (Å²) in [4.78, 5) is 24.7. The van der Waals surface area contributed by atoms with Gasteiger partial charge in [-0.1, -0.05) is 24.4 Å². The Hall–Kier alpha value is -1.94. The van der Waals surface area contributed by atoms with Gasteiger partial charge >= 0.3 is 5.97 Å². The monoisotopic (exact) mass is 470 g/mol. The zero-order chi connectivity index (χ0) is 21.7. The second-order valence-electron chi connectivity index (χ2n) is 6.80. The lowest BCUT2D eigenvalue weighted by atomic mass is 10.2. The molecule has 2 heterocycles. The molecule has 1 amide bonds. The summed E-state index contributed by atoms with van der Waals surface area (Å²) < 4.78 is 32.6. The summed E-state index contributed by atoms with van der Waals surface area (Å²) in [6, 6.07) is 7.35. The number of sulfonamides is 1. The van der Waals surface area contributed by atoms with Crippen LogP contribution in [0.2, 0.25) is 5.02 Å². The van der Waals surface area contributed by atoms with Crippen LogP contribution in [0.1, 0.15) is 52.6 Å². The van der Waals surface area contributed by atoms with Gasteiger partial charge in [-0.3, -0.25) is 4.79 Å². The quantitative estimate of drug-likeness (QED) is 0.632. The highest BCUT2D eigenvalue weighted by Crippen LogP contribution is 2.29. The number of carbonyl (C=O) groups is 2. The van der Waals surface area contributed by atoms with Crippen molar-refractivity contribution in [3.8, 4) is 0 Å². The largest absolute Gasteiger partial charge is 0.462 e. The van der Waals surface area contributed by atoms with Gasteiger partial charge < -0.3 is 10.1 Å². The van der Waals surface area contributed by atoms with Crippen molar-refractivity contribution in [2.75, 3.05) is 25.0 Å². The van der Waals surface area contributed by atoms with Crippen LogP contribution in [-0.2, 0) is 14.8 Å². The minimum Gasteiger partial charge on any atom is -0.462 e. The van der Waals surface area contributed by atoms with Crippen LogP contribution in [0.5, 0.6) is 0 Å². The Morgan fingerprint density at radius 3 is 2.50 bits per heavy atom. The Balaban J connectivity index is 1.80. The second-order valence-corrected chi connectivity index (χ2v) is 10.2. The number of nitrogens with one attached hydrogen (secondary N) is 1. The van der Waals surface area contributed by atoms with E-state index >= 15 is 0 Å². The van der Waals surface area contributed by atoms with Gasteiger partial charge in [0.2, 0.25) is 10.0 Å². The highest BCUT2D eigenvalue weighted by Gasteiger charge is 2.28. The third-order valence-electron chi connectivity index (χ3n) is 4.70. The summed E-state index contributed by atoms with van der Waals surface area (Å²) in [5.41, 5.74) is 0.166. The Morgan fingerprint density at radius 2 is 1.83 bits per heavy atom. The normalized spacial score (nSPS) is 15.4. The van der Waals surface area contributed by atoms with Gasteiger partial charge in [0.15, 0.2) is 0 Å². The van der Waals surface area contributed by atoms with Gasteiger partial charge in [0.05, 0.1) is 16.6 Å². The highest BCUT2D eigenvalue weighted by molar-refractivity contribution is 7.89. The first-order valence-electron chi connectivity index (χ1n) is 9.71. The Kier molecular flexibility index (Phi) is 7.51. The molecule has 1 aliphatic heterocycles. The van der Waals surface area contributed by atoms with Gasteiger partial charge in [-0.25, -0.2) is 13.2 Å². The average molecular weight is 471 g/mol. The molecule has 10 heteroatoms. The van der Waals surface area contributed by atoms with E-state index in [2.05, 4.69) is 5.32 Å². The van der Waals surface area contributed by atoms with Gasteiger partial charge in [0.1, 0.15) is 9.77 Å². The smallest absolute Gasteiger partial charge is 0.348 e. The van der Waals surface area contributed by atoms with Crippen molar-refractivity contribution in [1.82, 2.24) is 4.31 Å². The number of anilines is 1. The van der Waals surface area contributed by atoms with Gasteiger partial charge in [-0.15, -0.1) is 11.3 Å². The zero-order valence-corrected chi connectivity index (χ0v) is 18.9. The minimum atomic E-state index is -3.80. The molecule has 0 unspecified atom stereocenters. The second kappa shape index (κ2) is 9.91. The van der Waals surface area contributed by atoms with E-state index in [-0.39, 0.29) is 22.1 Å². The fourth-order valence-corrected chi connectivity index (χ4v) is 5.98. The molecule has 3 rings (SSSR count). The summed E-state index contributed by atoms with van der Waals surface area (Å²) in [7, 11) is -3.80. The predicted molar refractivity (Wildman–Crippen MR) is 117 cm³/mol. The fraction of sp³-hybridized carbons (Fsp3) is 0.400. The summed E-state index contributed by atoms with van der Waals surface area (Å²) >= 11 is 7.27. The number of esters is 1. The molecule has 0 saturated carbocycles. The number of halogens is 1. The van der Waals surface area contributed by atoms with E-state index in [4.69, 9.17) is 16.3 Å². The van der Waals surface area contributed by atoms with Crippen LogP contribution >= 0.6 is 22.9 Å². The standard InChI is InChI=1S/C20H23ClN2O5S2/c1-2-28-20(25)16-9-10-18(29-16)22-19(24)14-7-8-15(21)17(13-14)30(26,27)23-11-5-3-4-6-12-23/h7-10,13H,2-6,11-12H2,1H3,(H,22,24). The van der Waals surface area contributed by atoms with Crippen LogP contribution in [-0.4, -0.2) is 44.3 Å². The molecule has 30 heavy (non-hydrogen) atoms. The van der Waals surface area contributed by atoms with Crippen molar-refractivity contribution >= 4 is 49.8 Å². The highest BCUT2D eigenvalue weighted by atomic mass is 35.5. The van der Waals surface area contributed by atoms with E-state index in [9.17, 15) is 18.0 Å². The lowest BCUT2D eigenvalue weighted by molar-refractivity contribution is 0.0532. The van der Waals surface area contributed by atoms with Gasteiger partial charge in [-0.2, -0.15) is 4.31 Å². The third-order valence-corrected chi connectivity index (χ3v) is 8.06. The summed E-state index contributed by atoms with van der Waals surface area (Å²) in [5.74, 6) is -0.948. The number of amides is 1. The molecule has 0 spiro atoms. The van der Waals surface area contributed by atoms with Gasteiger partial charge in [0.25, 0.3) is 5.91 Å². The molecule has 7 nitrogen and oxygen atoms in total. The number of nitrogens with zero attached hydrogens (tertiary/aromatic N) is 1. The molecule has 1 aromatic carbocycles. The molecule has 162 valence electrons. The molecule has 2 aromatic rings. The zero-order valence-electron chi connectivity index (χ0n) is 16.5. The average Bonchev–Trinajstić information content (AvgIpc) is 2.99. The van der Waals surface area contributed by atoms with E-state index in [1.807, 2.05) is 0 Å². The number of rotatable bonds is 6. The van der Waals surface area contributed by atoms with Crippen molar-refractivity contribution in [2.45, 2.75) is 37.5 Å². The van der Waals surface area contributed by atoms with Crippen molar-refractivity contribution < 1.29 is 22.7 Å². The van der Waals surface area contributed by atoms with Gasteiger partial charge in [0, 0.05) is 18.7 Å². The molecule has 0 bridgehead atoms. The SMILES string of the molecule is CCOC(=O)c1ccc(NC(=O)c2ccc(Cl)c(S(=O)(=O)N3CCCCCC3)c2)s1. The number of hydrogen-bond acceptors (Lipinski definition) is 6. The Bertz CT molecular complexity index is 1030. The Morgan fingerprint density at radius 1 is 1.13 bits per heavy atom. The Labute approximate surface area is 185 Å². The van der Waals surface area contributed by atoms with E-state index < -0.39 is 21.9 Å². The number of carbonyl (C=O) groups excluding carboxylic acids is 2. The summed E-state index contributed by atoms with van der Waals surface area (Å²) in [6.45, 7) is 2.87. The topological polar surface area (TPSA) is 92.8 Å². The maximum atomic E-state index is 13.1. The maximum Gasteiger partial charge on any atom is 0.348 e. The van der Waals surface area contributed by atoms with Crippen molar-refractivity contribution in [3.05, 3.63) is 45.8 Å². The molecule has 0 aliphatic carbocycles. The summed E-state index contributed by atoms with van der Waals surface area (Å²) in [5, 5.41) is 3.22. The van der Waals surface area contributed by atoms with Crippen LogP contribution in [0, 0.1) is 0 Å². The first-order valence-corrected chi connectivity index (χ1v) is 12.3. The van der Waals surface area contributed by atoms with E-state index in [0.29, 0.717) is 23.0 Å². The van der Waals surface area contributed by atoms with Gasteiger partial charge in [-0.05, 0) is 50.1 Å². The summed E-state index contributed by atoms with van der Waals surface area (Å²) in [6.07, 6.45) is 3.60. The van der Waals surface area contributed by atoms with Crippen LogP contribution in [0.3, 0.4) is 0 Å². The first-order chi connectivity index (χ1) is 14.3. The van der Waals surface area contributed by atoms with Crippen molar-refractivity contribution in [1.29, 1.82) is 0 Å². The first kappa shape index (κ1) is 22.7. The fourth-order valence-electron chi connectivity index (χ4n) is 3.16. The third kappa shape index (κ3) is 5.21. The number of benzene rings is 1. The molecule has 1 aromatic heterocycles. The predicted octanol–water partition coefficient (Wildman–Crippen LogP) is 4.40. The molecule has 1 aliphatic rings. The number of ether oxygens (including phenoxy) is 1. The maximum absolute atomic E-state index is 13.1. The number of thiophene rings is 1.